The van der Waals surface area contributed by atoms with Crippen molar-refractivity contribution in [1.82, 2.24) is 10.3 Å². The largest absolute Gasteiger partial charge is 0.465 e. The fourth-order valence-electron chi connectivity index (χ4n) is 2.75. The van der Waals surface area contributed by atoms with Crippen LogP contribution in [0.1, 0.15) is 12.8 Å². The number of carboxylic acid groups (broad SMARTS) is 1. The lowest BCUT2D eigenvalue weighted by atomic mass is 9.79. The Morgan fingerprint density at radius 3 is 3.05 bits per heavy atom. The van der Waals surface area contributed by atoms with Gasteiger partial charge in [-0.15, -0.1) is 0 Å². The van der Waals surface area contributed by atoms with Gasteiger partial charge in [0.2, 0.25) is 5.88 Å². The first kappa shape index (κ1) is 14.4. The van der Waals surface area contributed by atoms with E-state index >= 15 is 0 Å². The first-order valence-corrected chi connectivity index (χ1v) is 7.19. The van der Waals surface area contributed by atoms with Gasteiger partial charge in [0.05, 0.1) is 5.69 Å². The number of fused-ring (bicyclic) bond motifs is 1. The van der Waals surface area contributed by atoms with E-state index in [1.807, 2.05) is 24.1 Å². The van der Waals surface area contributed by atoms with Crippen molar-refractivity contribution in [2.24, 2.45) is 5.92 Å². The summed E-state index contributed by atoms with van der Waals surface area (Å²) in [7, 11) is 1.89. The third kappa shape index (κ3) is 2.90. The van der Waals surface area contributed by atoms with Crippen LogP contribution < -0.4 is 20.3 Å². The van der Waals surface area contributed by atoms with Crippen LogP contribution in [0.4, 0.5) is 16.3 Å². The van der Waals surface area contributed by atoms with Gasteiger partial charge >= 0.3 is 12.1 Å². The molecule has 8 heteroatoms. The van der Waals surface area contributed by atoms with Crippen molar-refractivity contribution in [3.05, 3.63) is 12.1 Å². The molecule has 0 bridgehead atoms. The number of nitrogens with zero attached hydrogens (tertiary/aromatic N) is 2. The van der Waals surface area contributed by atoms with E-state index in [1.165, 1.54) is 0 Å². The fourth-order valence-corrected chi connectivity index (χ4v) is 2.75. The monoisotopic (exact) mass is 306 g/mol. The Hall–Kier alpha value is -2.51. The summed E-state index contributed by atoms with van der Waals surface area (Å²) in [6.45, 7) is 0.840. The predicted molar refractivity (Wildman–Crippen MR) is 79.3 cm³/mol. The molecule has 2 aliphatic rings. The van der Waals surface area contributed by atoms with E-state index in [1.54, 1.807) is 0 Å². The average Bonchev–Trinajstić information content (AvgIpc) is 2.48. The second-order valence-electron chi connectivity index (χ2n) is 5.62. The molecule has 118 valence electrons. The number of esters is 1. The summed E-state index contributed by atoms with van der Waals surface area (Å²) in [4.78, 5) is 28.3. The fraction of sp³-hybridized carbons (Fsp3) is 0.500. The Morgan fingerprint density at radius 1 is 1.55 bits per heavy atom. The minimum absolute atomic E-state index is 0.00271. The molecule has 1 aliphatic heterocycles. The summed E-state index contributed by atoms with van der Waals surface area (Å²) in [6.07, 6.45) is 0.864. The summed E-state index contributed by atoms with van der Waals surface area (Å²) >= 11 is 0. The zero-order valence-corrected chi connectivity index (χ0v) is 12.2. The summed E-state index contributed by atoms with van der Waals surface area (Å²) in [6, 6.07) is 3.68. The molecule has 1 aromatic rings. The molecule has 2 heterocycles. The van der Waals surface area contributed by atoms with Gasteiger partial charge in [-0.05, 0) is 30.9 Å². The smallest absolute Gasteiger partial charge is 0.404 e. The highest BCUT2D eigenvalue weighted by molar-refractivity contribution is 5.82. The van der Waals surface area contributed by atoms with E-state index in [0.29, 0.717) is 18.1 Å². The highest BCUT2D eigenvalue weighted by Crippen LogP contribution is 2.31. The number of ether oxygens (including phenoxy) is 1. The van der Waals surface area contributed by atoms with E-state index in [-0.39, 0.29) is 30.4 Å². The minimum atomic E-state index is -0.984. The summed E-state index contributed by atoms with van der Waals surface area (Å²) in [5, 5.41) is 14.3. The number of rotatable bonds is 4. The van der Waals surface area contributed by atoms with Gasteiger partial charge in [-0.25, -0.2) is 9.59 Å². The molecule has 1 aliphatic carbocycles. The maximum absolute atomic E-state index is 11.3. The lowest BCUT2D eigenvalue weighted by Gasteiger charge is -2.39. The van der Waals surface area contributed by atoms with Crippen molar-refractivity contribution < 1.29 is 19.4 Å². The van der Waals surface area contributed by atoms with Gasteiger partial charge in [0.15, 0.2) is 0 Å². The van der Waals surface area contributed by atoms with Crippen molar-refractivity contribution in [3.63, 3.8) is 0 Å². The third-order valence-corrected chi connectivity index (χ3v) is 4.11. The molecule has 3 N–H and O–H groups in total. The highest BCUT2D eigenvalue weighted by Gasteiger charge is 2.33. The molecule has 8 nitrogen and oxygen atoms in total. The molecule has 0 aromatic carbocycles. The van der Waals surface area contributed by atoms with E-state index in [4.69, 9.17) is 9.84 Å². The lowest BCUT2D eigenvalue weighted by Crippen LogP contribution is -2.50. The zero-order chi connectivity index (χ0) is 15.7. The van der Waals surface area contributed by atoms with Crippen LogP contribution in [0.15, 0.2) is 12.1 Å². The van der Waals surface area contributed by atoms with Gasteiger partial charge in [0, 0.05) is 19.6 Å². The van der Waals surface area contributed by atoms with Gasteiger partial charge < -0.3 is 25.4 Å². The van der Waals surface area contributed by atoms with Crippen molar-refractivity contribution in [2.45, 2.75) is 18.9 Å². The topological polar surface area (TPSA) is 104 Å². The SMILES string of the molecule is CN(C[C@@H]1CC[C@H]1NC(=O)O)c1ccc2c(n1)OC(=O)CN2. The number of amides is 1. The number of pyridine rings is 1. The van der Waals surface area contributed by atoms with Crippen molar-refractivity contribution >= 4 is 23.6 Å². The van der Waals surface area contributed by atoms with Crippen LogP contribution in [-0.4, -0.2) is 48.3 Å². The molecule has 1 aromatic heterocycles. The van der Waals surface area contributed by atoms with E-state index in [0.717, 1.165) is 12.8 Å². The number of aromatic nitrogens is 1. The first-order valence-electron chi connectivity index (χ1n) is 7.19. The van der Waals surface area contributed by atoms with Gasteiger partial charge in [-0.3, -0.25) is 0 Å². The molecule has 0 spiro atoms. The molecule has 0 saturated heterocycles. The summed E-state index contributed by atoms with van der Waals surface area (Å²) < 4.78 is 5.11. The number of nitrogens with one attached hydrogen (secondary N) is 2. The van der Waals surface area contributed by atoms with Gasteiger partial charge in [-0.2, -0.15) is 4.98 Å². The molecular weight excluding hydrogens is 288 g/mol. The first-order chi connectivity index (χ1) is 10.5. The maximum Gasteiger partial charge on any atom is 0.404 e. The second kappa shape index (κ2) is 5.70. The number of carbonyl (C=O) groups excluding carboxylic acids is 1. The number of hydrogen-bond acceptors (Lipinski definition) is 6. The second-order valence-corrected chi connectivity index (χ2v) is 5.62. The quantitative estimate of drug-likeness (QED) is 0.710. The van der Waals surface area contributed by atoms with Crippen LogP contribution in [0.2, 0.25) is 0 Å². The van der Waals surface area contributed by atoms with Crippen LogP contribution in [0.3, 0.4) is 0 Å². The Balaban J connectivity index is 1.65. The van der Waals surface area contributed by atoms with Gasteiger partial charge in [0.1, 0.15) is 12.4 Å². The highest BCUT2D eigenvalue weighted by atomic mass is 16.5. The molecule has 22 heavy (non-hydrogen) atoms. The molecule has 1 fully saturated rings. The molecule has 3 rings (SSSR count). The van der Waals surface area contributed by atoms with E-state index in [9.17, 15) is 9.59 Å². The minimum Gasteiger partial charge on any atom is -0.465 e. The van der Waals surface area contributed by atoms with Gasteiger partial charge in [0.25, 0.3) is 0 Å². The van der Waals surface area contributed by atoms with E-state index in [2.05, 4.69) is 15.6 Å². The normalized spacial score (nSPS) is 22.7. The number of anilines is 2. The molecule has 0 unspecified atom stereocenters. The Labute approximate surface area is 127 Å². The Morgan fingerprint density at radius 2 is 2.36 bits per heavy atom. The molecule has 2 atom stereocenters. The standard InChI is InChI=1S/C14H18N4O4/c1-18(7-8-2-3-9(8)16-14(20)21)11-5-4-10-13(17-11)22-12(19)6-15-10/h4-5,8-9,15-16H,2-3,6-7H2,1H3,(H,20,21)/t8-,9+/m0/s1. The average molecular weight is 306 g/mol. The van der Waals surface area contributed by atoms with Crippen molar-refractivity contribution in [2.75, 3.05) is 30.4 Å². The van der Waals surface area contributed by atoms with E-state index < -0.39 is 6.09 Å². The van der Waals surface area contributed by atoms with Crippen molar-refractivity contribution in [3.8, 4) is 5.88 Å². The van der Waals surface area contributed by atoms with Crippen molar-refractivity contribution in [1.29, 1.82) is 0 Å². The van der Waals surface area contributed by atoms with Crippen LogP contribution in [-0.2, 0) is 4.79 Å². The van der Waals surface area contributed by atoms with Crippen LogP contribution in [0, 0.1) is 5.92 Å². The van der Waals surface area contributed by atoms with Crippen LogP contribution >= 0.6 is 0 Å². The lowest BCUT2D eigenvalue weighted by molar-refractivity contribution is -0.133. The number of carbonyl (C=O) groups is 2. The third-order valence-electron chi connectivity index (χ3n) is 4.11. The summed E-state index contributed by atoms with van der Waals surface area (Å²) in [5.41, 5.74) is 0.700. The molecule has 0 radical (unpaired) electrons. The van der Waals surface area contributed by atoms with Gasteiger partial charge in [-0.1, -0.05) is 0 Å². The Kier molecular flexibility index (Phi) is 3.74. The zero-order valence-electron chi connectivity index (χ0n) is 12.2. The molecular formula is C14H18N4O4. The van der Waals surface area contributed by atoms with Crippen LogP contribution in [0.5, 0.6) is 5.88 Å². The molecule has 1 amide bonds. The van der Waals surface area contributed by atoms with Crippen LogP contribution in [0.25, 0.3) is 0 Å². The Bertz CT molecular complexity index is 607. The predicted octanol–water partition coefficient (Wildman–Crippen LogP) is 0.895. The number of hydrogen-bond donors (Lipinski definition) is 3. The summed E-state index contributed by atoms with van der Waals surface area (Å²) in [5.74, 6) is 0.884. The molecule has 1 saturated carbocycles. The maximum atomic E-state index is 11.3.